The first-order valence-corrected chi connectivity index (χ1v) is 8.24. The van der Waals surface area contributed by atoms with Gasteiger partial charge in [0, 0.05) is 36.6 Å². The van der Waals surface area contributed by atoms with Crippen molar-refractivity contribution in [3.05, 3.63) is 47.0 Å². The zero-order valence-corrected chi connectivity index (χ0v) is 14.4. The molecule has 25 heavy (non-hydrogen) atoms. The molecule has 1 aromatic carbocycles. The lowest BCUT2D eigenvalue weighted by atomic mass is 9.70. The van der Waals surface area contributed by atoms with Crippen molar-refractivity contribution >= 4 is 17.7 Å². The number of fused-ring (bicyclic) bond motifs is 3. The van der Waals surface area contributed by atoms with Crippen LogP contribution >= 0.6 is 0 Å². The largest absolute Gasteiger partial charge is 0.478 e. The summed E-state index contributed by atoms with van der Waals surface area (Å²) in [4.78, 5) is 33.7. The number of Topliss-reactive ketones (excluding diaryl/α,β-unsaturated/α-hetero) is 1. The number of rotatable bonds is 2. The average molecular weight is 345 g/mol. The van der Waals surface area contributed by atoms with Crippen LogP contribution in [0.3, 0.4) is 0 Å². The van der Waals surface area contributed by atoms with E-state index in [1.165, 1.54) is 12.0 Å². The molecule has 2 atom stereocenters. The normalized spacial score (nSPS) is 22.6. The first-order valence-electron chi connectivity index (χ1n) is 8.24. The number of aryl methyl sites for hydroxylation is 1. The van der Waals surface area contributed by atoms with Crippen molar-refractivity contribution in [1.29, 1.82) is 0 Å². The molecule has 0 spiro atoms. The first kappa shape index (κ1) is 18.9. The van der Waals surface area contributed by atoms with Crippen LogP contribution in [0, 0.1) is 12.8 Å². The summed E-state index contributed by atoms with van der Waals surface area (Å²) in [5, 5.41) is 15.6. The van der Waals surface area contributed by atoms with E-state index in [1.54, 1.807) is 0 Å². The van der Waals surface area contributed by atoms with Crippen LogP contribution in [0.2, 0.25) is 0 Å². The molecule has 134 valence electrons. The van der Waals surface area contributed by atoms with E-state index in [1.807, 2.05) is 0 Å². The van der Waals surface area contributed by atoms with Crippen molar-refractivity contribution in [1.82, 2.24) is 4.90 Å². The fourth-order valence-corrected chi connectivity index (χ4v) is 3.62. The van der Waals surface area contributed by atoms with Crippen LogP contribution in [-0.4, -0.2) is 53.0 Å². The molecule has 1 aliphatic carbocycles. The van der Waals surface area contributed by atoms with Gasteiger partial charge in [-0.1, -0.05) is 18.2 Å². The molecule has 6 nitrogen and oxygen atoms in total. The minimum atomic E-state index is -1.26. The van der Waals surface area contributed by atoms with Gasteiger partial charge in [0.15, 0.2) is 5.78 Å². The fraction of sp³-hybridized carbons (Fsp3) is 0.421. The predicted molar refractivity (Wildman–Crippen MR) is 92.9 cm³/mol. The number of hydrogen-bond donors (Lipinski definition) is 2. The lowest BCUT2D eigenvalue weighted by molar-refractivity contribution is -0.134. The SMILES string of the molecule is Cc1cccc2c1C(=O)CC1CCN(C)CC21.O=C(O)C=CC(=O)O. The molecule has 0 radical (unpaired) electrons. The molecule has 0 aromatic heterocycles. The molecular weight excluding hydrogens is 322 g/mol. The highest BCUT2D eigenvalue weighted by Crippen LogP contribution is 2.41. The van der Waals surface area contributed by atoms with Crippen LogP contribution in [0.25, 0.3) is 0 Å². The summed E-state index contributed by atoms with van der Waals surface area (Å²) >= 11 is 0. The Morgan fingerprint density at radius 1 is 1.20 bits per heavy atom. The lowest BCUT2D eigenvalue weighted by Crippen LogP contribution is -2.40. The third kappa shape index (κ3) is 4.76. The maximum atomic E-state index is 12.2. The van der Waals surface area contributed by atoms with E-state index >= 15 is 0 Å². The van der Waals surface area contributed by atoms with Gasteiger partial charge in [-0.25, -0.2) is 9.59 Å². The number of likely N-dealkylation sites (tertiary alicyclic amines) is 1. The lowest BCUT2D eigenvalue weighted by Gasteiger charge is -2.40. The Balaban J connectivity index is 0.000000242. The number of nitrogens with zero attached hydrogens (tertiary/aromatic N) is 1. The van der Waals surface area contributed by atoms with Gasteiger partial charge in [-0.15, -0.1) is 0 Å². The molecule has 2 N–H and O–H groups in total. The second-order valence-corrected chi connectivity index (χ2v) is 6.59. The maximum Gasteiger partial charge on any atom is 0.328 e. The van der Waals surface area contributed by atoms with E-state index in [0.717, 1.165) is 30.6 Å². The zero-order chi connectivity index (χ0) is 18.6. The Kier molecular flexibility index (Phi) is 6.09. The van der Waals surface area contributed by atoms with Crippen molar-refractivity contribution in [2.75, 3.05) is 20.1 Å². The van der Waals surface area contributed by atoms with E-state index in [0.29, 0.717) is 29.8 Å². The summed E-state index contributed by atoms with van der Waals surface area (Å²) in [5.74, 6) is -1.00. The van der Waals surface area contributed by atoms with Crippen molar-refractivity contribution in [2.45, 2.75) is 25.7 Å². The van der Waals surface area contributed by atoms with E-state index in [9.17, 15) is 14.4 Å². The predicted octanol–water partition coefficient (Wildman–Crippen LogP) is 2.33. The van der Waals surface area contributed by atoms with E-state index in [2.05, 4.69) is 37.1 Å². The molecule has 0 amide bonds. The third-order valence-electron chi connectivity index (χ3n) is 4.76. The van der Waals surface area contributed by atoms with Crippen LogP contribution < -0.4 is 0 Å². The summed E-state index contributed by atoms with van der Waals surface area (Å²) in [6.45, 7) is 4.30. The zero-order valence-electron chi connectivity index (χ0n) is 14.4. The van der Waals surface area contributed by atoms with Crippen LogP contribution in [0.5, 0.6) is 0 Å². The second kappa shape index (κ2) is 8.07. The fourth-order valence-electron chi connectivity index (χ4n) is 3.62. The highest BCUT2D eigenvalue weighted by molar-refractivity contribution is 6.00. The van der Waals surface area contributed by atoms with Crippen LogP contribution in [0.1, 0.15) is 40.2 Å². The topological polar surface area (TPSA) is 94.9 Å². The minimum absolute atomic E-state index is 0.365. The number of ketones is 1. The van der Waals surface area contributed by atoms with Gasteiger partial charge < -0.3 is 15.1 Å². The summed E-state index contributed by atoms with van der Waals surface area (Å²) in [5.41, 5.74) is 3.47. The van der Waals surface area contributed by atoms with E-state index in [-0.39, 0.29) is 0 Å². The highest BCUT2D eigenvalue weighted by atomic mass is 16.4. The number of hydrogen-bond acceptors (Lipinski definition) is 4. The van der Waals surface area contributed by atoms with E-state index < -0.39 is 11.9 Å². The van der Waals surface area contributed by atoms with Gasteiger partial charge in [-0.05, 0) is 44.0 Å². The molecule has 1 aliphatic heterocycles. The van der Waals surface area contributed by atoms with Gasteiger partial charge in [0.25, 0.3) is 0 Å². The standard InChI is InChI=1S/C15H19NO.C4H4O4/c1-10-4-3-5-12-13-9-16(2)7-6-11(13)8-14(17)15(10)12;5-3(6)1-2-4(7)8/h3-5,11,13H,6-9H2,1-2H3;1-2H,(H,5,6)(H,7,8). The smallest absolute Gasteiger partial charge is 0.328 e. The number of benzene rings is 1. The summed E-state index contributed by atoms with van der Waals surface area (Å²) in [7, 11) is 2.18. The van der Waals surface area contributed by atoms with Gasteiger partial charge in [0.1, 0.15) is 0 Å². The molecule has 0 saturated carbocycles. The van der Waals surface area contributed by atoms with Gasteiger partial charge in [0.05, 0.1) is 0 Å². The van der Waals surface area contributed by atoms with Gasteiger partial charge in [-0.2, -0.15) is 0 Å². The summed E-state index contributed by atoms with van der Waals surface area (Å²) in [6.07, 6.45) is 3.04. The second-order valence-electron chi connectivity index (χ2n) is 6.59. The van der Waals surface area contributed by atoms with Crippen molar-refractivity contribution < 1.29 is 24.6 Å². The number of aliphatic carboxylic acids is 2. The molecule has 6 heteroatoms. The molecule has 3 rings (SSSR count). The summed E-state index contributed by atoms with van der Waals surface area (Å²) in [6, 6.07) is 6.32. The first-order chi connectivity index (χ1) is 11.8. The molecule has 2 unspecified atom stereocenters. The minimum Gasteiger partial charge on any atom is -0.478 e. The number of carbonyl (C=O) groups is 3. The third-order valence-corrected chi connectivity index (χ3v) is 4.76. The van der Waals surface area contributed by atoms with Crippen molar-refractivity contribution in [2.24, 2.45) is 5.92 Å². The van der Waals surface area contributed by atoms with Crippen molar-refractivity contribution in [3.63, 3.8) is 0 Å². The number of likely N-dealkylation sites (N-methyl/N-ethyl adjacent to an activating group) is 1. The molecule has 0 bridgehead atoms. The highest BCUT2D eigenvalue weighted by Gasteiger charge is 2.37. The summed E-state index contributed by atoms with van der Waals surface area (Å²) < 4.78 is 0. The Morgan fingerprint density at radius 3 is 2.44 bits per heavy atom. The monoisotopic (exact) mass is 345 g/mol. The van der Waals surface area contributed by atoms with Gasteiger partial charge in [-0.3, -0.25) is 4.79 Å². The van der Waals surface area contributed by atoms with Crippen LogP contribution in [0.15, 0.2) is 30.4 Å². The molecule has 1 aromatic rings. The van der Waals surface area contributed by atoms with Crippen molar-refractivity contribution in [3.8, 4) is 0 Å². The van der Waals surface area contributed by atoms with Gasteiger partial charge in [0.2, 0.25) is 0 Å². The molecule has 1 heterocycles. The number of carboxylic acid groups (broad SMARTS) is 2. The average Bonchev–Trinajstić information content (AvgIpc) is 2.54. The Hall–Kier alpha value is -2.47. The quantitative estimate of drug-likeness (QED) is 0.799. The molecular formula is C19H23NO5. The molecule has 1 saturated heterocycles. The Labute approximate surface area is 146 Å². The molecule has 1 fully saturated rings. The maximum absolute atomic E-state index is 12.2. The number of piperidine rings is 1. The van der Waals surface area contributed by atoms with Gasteiger partial charge >= 0.3 is 11.9 Å². The Morgan fingerprint density at radius 2 is 1.84 bits per heavy atom. The van der Waals surface area contributed by atoms with Crippen LogP contribution in [0.4, 0.5) is 0 Å². The van der Waals surface area contributed by atoms with Crippen LogP contribution in [-0.2, 0) is 9.59 Å². The number of carbonyl (C=O) groups excluding carboxylic acids is 1. The molecule has 2 aliphatic rings. The van der Waals surface area contributed by atoms with E-state index in [4.69, 9.17) is 10.2 Å². The number of carboxylic acids is 2. The Bertz CT molecular complexity index is 694.